The van der Waals surface area contributed by atoms with E-state index in [2.05, 4.69) is 82.8 Å². The van der Waals surface area contributed by atoms with Gasteiger partial charge in [0.15, 0.2) is 0 Å². The van der Waals surface area contributed by atoms with Gasteiger partial charge in [0.05, 0.1) is 12.8 Å². The maximum absolute atomic E-state index is 5.76. The van der Waals surface area contributed by atoms with Crippen molar-refractivity contribution in [3.05, 3.63) is 53.1 Å². The van der Waals surface area contributed by atoms with Gasteiger partial charge in [0.1, 0.15) is 5.75 Å². The third-order valence-electron chi connectivity index (χ3n) is 6.10. The fourth-order valence-electron chi connectivity index (χ4n) is 4.54. The van der Waals surface area contributed by atoms with Gasteiger partial charge in [0.2, 0.25) is 0 Å². The van der Waals surface area contributed by atoms with Gasteiger partial charge in [0.25, 0.3) is 0 Å². The largest absolute Gasteiger partial charge is 0.496 e. The SMILES string of the molecule is CCCN1c2cc(OC)c(C=Nc3ccc(C(C)C)cc3)cc2C(C)CC1(C)C. The third-order valence-corrected chi connectivity index (χ3v) is 6.10. The number of nitrogens with zero attached hydrogens (tertiary/aromatic N) is 2. The summed E-state index contributed by atoms with van der Waals surface area (Å²) in [6, 6.07) is 13.0. The second-order valence-electron chi connectivity index (χ2n) is 9.23. The topological polar surface area (TPSA) is 24.8 Å². The van der Waals surface area contributed by atoms with Crippen molar-refractivity contribution >= 4 is 17.6 Å². The van der Waals surface area contributed by atoms with Crippen molar-refractivity contribution in [1.29, 1.82) is 0 Å². The highest BCUT2D eigenvalue weighted by Gasteiger charge is 2.36. The van der Waals surface area contributed by atoms with E-state index in [4.69, 9.17) is 9.73 Å². The lowest BCUT2D eigenvalue weighted by molar-refractivity contribution is 0.372. The number of fused-ring (bicyclic) bond motifs is 1. The summed E-state index contributed by atoms with van der Waals surface area (Å²) in [6.45, 7) is 14.8. The average molecular weight is 393 g/mol. The molecule has 29 heavy (non-hydrogen) atoms. The molecular weight excluding hydrogens is 356 g/mol. The standard InChI is InChI=1S/C26H36N2O/c1-8-13-28-24-15-25(29-7)21(14-23(24)19(4)16-26(28,5)6)17-27-22-11-9-20(10-12-22)18(2)3/h9-12,14-15,17-19H,8,13,16H2,1-7H3. The van der Waals surface area contributed by atoms with E-state index in [0.717, 1.165) is 36.4 Å². The molecule has 156 valence electrons. The molecule has 1 aliphatic heterocycles. The lowest BCUT2D eigenvalue weighted by Gasteiger charge is -2.47. The quantitative estimate of drug-likeness (QED) is 0.491. The Morgan fingerprint density at radius 3 is 2.48 bits per heavy atom. The van der Waals surface area contributed by atoms with Crippen LogP contribution in [0, 0.1) is 0 Å². The van der Waals surface area contributed by atoms with Gasteiger partial charge in [-0.2, -0.15) is 0 Å². The summed E-state index contributed by atoms with van der Waals surface area (Å²) in [5.74, 6) is 1.93. The molecule has 1 aliphatic rings. The Morgan fingerprint density at radius 1 is 1.21 bits per heavy atom. The van der Waals surface area contributed by atoms with Gasteiger partial charge >= 0.3 is 0 Å². The van der Waals surface area contributed by atoms with Crippen LogP contribution in [0.15, 0.2) is 41.4 Å². The van der Waals surface area contributed by atoms with Gasteiger partial charge < -0.3 is 9.64 Å². The van der Waals surface area contributed by atoms with Crippen LogP contribution in [0.5, 0.6) is 5.75 Å². The van der Waals surface area contributed by atoms with Crippen molar-refractivity contribution in [2.75, 3.05) is 18.6 Å². The van der Waals surface area contributed by atoms with Crippen LogP contribution in [0.3, 0.4) is 0 Å². The molecule has 0 aromatic heterocycles. The fraction of sp³-hybridized carbons (Fsp3) is 0.500. The Morgan fingerprint density at radius 2 is 1.90 bits per heavy atom. The van der Waals surface area contributed by atoms with Crippen LogP contribution in [-0.2, 0) is 0 Å². The summed E-state index contributed by atoms with van der Waals surface area (Å²) in [5.41, 5.74) is 6.21. The molecule has 0 aliphatic carbocycles. The van der Waals surface area contributed by atoms with E-state index < -0.39 is 0 Å². The lowest BCUT2D eigenvalue weighted by atomic mass is 9.79. The van der Waals surface area contributed by atoms with E-state index in [1.807, 2.05) is 6.21 Å². The first-order valence-electron chi connectivity index (χ1n) is 10.9. The molecule has 0 spiro atoms. The number of benzene rings is 2. The number of hydrogen-bond acceptors (Lipinski definition) is 3. The van der Waals surface area contributed by atoms with E-state index in [1.54, 1.807) is 7.11 Å². The van der Waals surface area contributed by atoms with E-state index in [0.29, 0.717) is 11.8 Å². The molecular formula is C26H36N2O. The maximum Gasteiger partial charge on any atom is 0.129 e. The minimum Gasteiger partial charge on any atom is -0.496 e. The Labute approximate surface area is 176 Å². The van der Waals surface area contributed by atoms with Crippen LogP contribution >= 0.6 is 0 Å². The summed E-state index contributed by atoms with van der Waals surface area (Å²) in [6.07, 6.45) is 4.23. The van der Waals surface area contributed by atoms with E-state index in [1.165, 1.54) is 16.8 Å². The summed E-state index contributed by atoms with van der Waals surface area (Å²) in [5, 5.41) is 0. The zero-order valence-corrected chi connectivity index (χ0v) is 19.1. The Balaban J connectivity index is 1.98. The Bertz CT molecular complexity index is 865. The van der Waals surface area contributed by atoms with Gasteiger partial charge in [-0.25, -0.2) is 0 Å². The van der Waals surface area contributed by atoms with Crippen LogP contribution in [0.1, 0.15) is 82.9 Å². The molecule has 3 heteroatoms. The third kappa shape index (κ3) is 4.49. The van der Waals surface area contributed by atoms with Crippen LogP contribution in [0.2, 0.25) is 0 Å². The van der Waals surface area contributed by atoms with Gasteiger partial charge in [-0.3, -0.25) is 4.99 Å². The van der Waals surface area contributed by atoms with Crippen LogP contribution in [0.25, 0.3) is 0 Å². The average Bonchev–Trinajstić information content (AvgIpc) is 2.69. The van der Waals surface area contributed by atoms with E-state index in [9.17, 15) is 0 Å². The smallest absolute Gasteiger partial charge is 0.129 e. The zero-order valence-electron chi connectivity index (χ0n) is 19.1. The normalized spacial score (nSPS) is 18.3. The van der Waals surface area contributed by atoms with Gasteiger partial charge in [-0.15, -0.1) is 0 Å². The van der Waals surface area contributed by atoms with Gasteiger partial charge in [-0.1, -0.05) is 39.8 Å². The van der Waals surface area contributed by atoms with Gasteiger partial charge in [-0.05, 0) is 67.9 Å². The first-order chi connectivity index (χ1) is 13.8. The number of rotatable bonds is 6. The second-order valence-corrected chi connectivity index (χ2v) is 9.23. The Hall–Kier alpha value is -2.29. The van der Waals surface area contributed by atoms with E-state index in [-0.39, 0.29) is 5.54 Å². The zero-order chi connectivity index (χ0) is 21.2. The van der Waals surface area contributed by atoms with Crippen molar-refractivity contribution in [2.45, 2.75) is 71.8 Å². The second kappa shape index (κ2) is 8.61. The van der Waals surface area contributed by atoms with Crippen molar-refractivity contribution in [1.82, 2.24) is 0 Å². The van der Waals surface area contributed by atoms with Gasteiger partial charge in [0, 0.05) is 35.6 Å². The van der Waals surface area contributed by atoms with Crippen molar-refractivity contribution in [3.63, 3.8) is 0 Å². The van der Waals surface area contributed by atoms with Crippen molar-refractivity contribution < 1.29 is 4.74 Å². The molecule has 0 bridgehead atoms. The monoisotopic (exact) mass is 392 g/mol. The van der Waals surface area contributed by atoms with Crippen LogP contribution in [-0.4, -0.2) is 25.4 Å². The van der Waals surface area contributed by atoms with Crippen molar-refractivity contribution in [2.24, 2.45) is 4.99 Å². The highest BCUT2D eigenvalue weighted by molar-refractivity contribution is 5.87. The molecule has 3 rings (SSSR count). The molecule has 2 aromatic carbocycles. The maximum atomic E-state index is 5.76. The first-order valence-corrected chi connectivity index (χ1v) is 10.9. The molecule has 0 fully saturated rings. The Kier molecular flexibility index (Phi) is 6.36. The number of methoxy groups -OCH3 is 1. The molecule has 1 unspecified atom stereocenters. The number of hydrogen-bond donors (Lipinski definition) is 0. The van der Waals surface area contributed by atoms with E-state index >= 15 is 0 Å². The number of aliphatic imine (C=N–C) groups is 1. The molecule has 0 saturated heterocycles. The first kappa shape index (κ1) is 21.4. The van der Waals surface area contributed by atoms with Crippen molar-refractivity contribution in [3.8, 4) is 5.75 Å². The summed E-state index contributed by atoms with van der Waals surface area (Å²) >= 11 is 0. The fourth-order valence-corrected chi connectivity index (χ4v) is 4.54. The minimum atomic E-state index is 0.154. The minimum absolute atomic E-state index is 0.154. The molecule has 1 heterocycles. The summed E-state index contributed by atoms with van der Waals surface area (Å²) in [7, 11) is 1.75. The molecule has 3 nitrogen and oxygen atoms in total. The lowest BCUT2D eigenvalue weighted by Crippen LogP contribution is -2.48. The molecule has 1 atom stereocenters. The predicted molar refractivity (Wildman–Crippen MR) is 126 cm³/mol. The summed E-state index contributed by atoms with van der Waals surface area (Å²) in [4.78, 5) is 7.28. The molecule has 0 saturated carbocycles. The molecule has 0 N–H and O–H groups in total. The van der Waals surface area contributed by atoms with Crippen LogP contribution < -0.4 is 9.64 Å². The van der Waals surface area contributed by atoms with Crippen LogP contribution in [0.4, 0.5) is 11.4 Å². The molecule has 2 aromatic rings. The predicted octanol–water partition coefficient (Wildman–Crippen LogP) is 7.07. The summed E-state index contributed by atoms with van der Waals surface area (Å²) < 4.78 is 5.76. The number of ether oxygens (including phenoxy) is 1. The highest BCUT2D eigenvalue weighted by Crippen LogP contribution is 2.45. The molecule has 0 amide bonds. The number of anilines is 1. The molecule has 0 radical (unpaired) electrons. The highest BCUT2D eigenvalue weighted by atomic mass is 16.5.